The largest absolute Gasteiger partial charge is 0.514 e. The van der Waals surface area contributed by atoms with Crippen molar-refractivity contribution in [1.29, 1.82) is 0 Å². The van der Waals surface area contributed by atoms with Gasteiger partial charge in [0.25, 0.3) is 0 Å². The predicted octanol–water partition coefficient (Wildman–Crippen LogP) is 5.27. The predicted molar refractivity (Wildman–Crippen MR) is 83.6 cm³/mol. The van der Waals surface area contributed by atoms with Crippen LogP contribution in [0.1, 0.15) is 25.5 Å². The SMILES string of the molecule is CCCCOC(=O)Oc1c(-c2c(Cl)cccc2Cl)noc1C. The summed E-state index contributed by atoms with van der Waals surface area (Å²) in [6.45, 7) is 3.91. The van der Waals surface area contributed by atoms with E-state index < -0.39 is 6.16 Å². The van der Waals surface area contributed by atoms with Crippen LogP contribution in [0.5, 0.6) is 5.75 Å². The van der Waals surface area contributed by atoms with Gasteiger partial charge in [0.2, 0.25) is 5.75 Å². The smallest absolute Gasteiger partial charge is 0.434 e. The van der Waals surface area contributed by atoms with Gasteiger partial charge in [0.15, 0.2) is 11.5 Å². The van der Waals surface area contributed by atoms with Gasteiger partial charge in [0.1, 0.15) is 0 Å². The summed E-state index contributed by atoms with van der Waals surface area (Å²) < 4.78 is 15.2. The molecule has 0 aliphatic heterocycles. The molecular weight excluding hydrogens is 329 g/mol. The summed E-state index contributed by atoms with van der Waals surface area (Å²) >= 11 is 12.3. The van der Waals surface area contributed by atoms with Gasteiger partial charge in [-0.1, -0.05) is 47.8 Å². The van der Waals surface area contributed by atoms with Crippen LogP contribution in [0.15, 0.2) is 22.7 Å². The Balaban J connectivity index is 2.27. The second kappa shape index (κ2) is 7.51. The van der Waals surface area contributed by atoms with Crippen molar-refractivity contribution in [3.63, 3.8) is 0 Å². The van der Waals surface area contributed by atoms with Crippen LogP contribution in [0.2, 0.25) is 10.0 Å². The third kappa shape index (κ3) is 3.72. The van der Waals surface area contributed by atoms with Crippen LogP contribution in [0.4, 0.5) is 4.79 Å². The van der Waals surface area contributed by atoms with Gasteiger partial charge in [0.05, 0.1) is 16.7 Å². The molecule has 0 saturated carbocycles. The van der Waals surface area contributed by atoms with Crippen molar-refractivity contribution in [2.75, 3.05) is 6.61 Å². The van der Waals surface area contributed by atoms with Crippen molar-refractivity contribution in [3.8, 4) is 17.0 Å². The van der Waals surface area contributed by atoms with Crippen LogP contribution in [0, 0.1) is 6.92 Å². The molecule has 1 aromatic carbocycles. The van der Waals surface area contributed by atoms with E-state index in [9.17, 15) is 4.79 Å². The van der Waals surface area contributed by atoms with Gasteiger partial charge in [-0.05, 0) is 18.6 Å². The van der Waals surface area contributed by atoms with Crippen LogP contribution in [-0.2, 0) is 4.74 Å². The Labute approximate surface area is 138 Å². The molecular formula is C15H15Cl2NO4. The number of rotatable bonds is 5. The molecule has 0 amide bonds. The molecule has 0 aliphatic rings. The Morgan fingerprint density at radius 1 is 1.32 bits per heavy atom. The number of unbranched alkanes of at least 4 members (excludes halogenated alkanes) is 1. The zero-order valence-electron chi connectivity index (χ0n) is 12.2. The van der Waals surface area contributed by atoms with Crippen molar-refractivity contribution >= 4 is 29.4 Å². The van der Waals surface area contributed by atoms with E-state index in [1.807, 2.05) is 6.92 Å². The zero-order valence-corrected chi connectivity index (χ0v) is 13.7. The Bertz CT molecular complexity index is 649. The van der Waals surface area contributed by atoms with E-state index in [-0.39, 0.29) is 11.4 Å². The van der Waals surface area contributed by atoms with Crippen LogP contribution in [0.3, 0.4) is 0 Å². The summed E-state index contributed by atoms with van der Waals surface area (Å²) in [6, 6.07) is 5.03. The fraction of sp³-hybridized carbons (Fsp3) is 0.333. The molecule has 22 heavy (non-hydrogen) atoms. The van der Waals surface area contributed by atoms with Gasteiger partial charge in [0, 0.05) is 12.5 Å². The molecule has 0 saturated heterocycles. The number of halogens is 2. The van der Waals surface area contributed by atoms with Crippen molar-refractivity contribution in [2.45, 2.75) is 26.7 Å². The molecule has 0 unspecified atom stereocenters. The average Bonchev–Trinajstić information content (AvgIpc) is 2.81. The normalized spacial score (nSPS) is 10.5. The van der Waals surface area contributed by atoms with Crippen molar-refractivity contribution < 1.29 is 18.8 Å². The van der Waals surface area contributed by atoms with Gasteiger partial charge in [-0.15, -0.1) is 0 Å². The third-order valence-electron chi connectivity index (χ3n) is 2.91. The van der Waals surface area contributed by atoms with Gasteiger partial charge >= 0.3 is 6.16 Å². The van der Waals surface area contributed by atoms with Crippen LogP contribution >= 0.6 is 23.2 Å². The number of hydrogen-bond donors (Lipinski definition) is 0. The highest BCUT2D eigenvalue weighted by atomic mass is 35.5. The summed E-state index contributed by atoms with van der Waals surface area (Å²) in [7, 11) is 0. The Morgan fingerprint density at radius 3 is 2.64 bits per heavy atom. The van der Waals surface area contributed by atoms with Gasteiger partial charge in [-0.3, -0.25) is 0 Å². The number of aryl methyl sites for hydroxylation is 1. The third-order valence-corrected chi connectivity index (χ3v) is 3.54. The lowest BCUT2D eigenvalue weighted by atomic mass is 10.1. The highest BCUT2D eigenvalue weighted by molar-refractivity contribution is 6.39. The number of nitrogens with zero attached hydrogens (tertiary/aromatic N) is 1. The maximum absolute atomic E-state index is 11.7. The highest BCUT2D eigenvalue weighted by Gasteiger charge is 2.23. The summed E-state index contributed by atoms with van der Waals surface area (Å²) in [5, 5.41) is 4.64. The summed E-state index contributed by atoms with van der Waals surface area (Å²) in [5.74, 6) is 0.481. The number of hydrogen-bond acceptors (Lipinski definition) is 5. The molecule has 0 N–H and O–H groups in total. The molecule has 1 aromatic heterocycles. The Morgan fingerprint density at radius 2 is 2.00 bits per heavy atom. The minimum atomic E-state index is -0.816. The van der Waals surface area contributed by atoms with E-state index in [0.29, 0.717) is 28.0 Å². The number of carbonyl (C=O) groups excluding carboxylic acids is 1. The zero-order chi connectivity index (χ0) is 16.1. The molecule has 0 aliphatic carbocycles. The van der Waals surface area contributed by atoms with Gasteiger partial charge < -0.3 is 14.0 Å². The van der Waals surface area contributed by atoms with Crippen LogP contribution in [0.25, 0.3) is 11.3 Å². The monoisotopic (exact) mass is 343 g/mol. The first-order valence-corrected chi connectivity index (χ1v) is 7.55. The minimum Gasteiger partial charge on any atom is -0.434 e. The molecule has 2 aromatic rings. The first-order valence-electron chi connectivity index (χ1n) is 6.79. The Hall–Kier alpha value is -1.72. The van der Waals surface area contributed by atoms with Gasteiger partial charge in [-0.25, -0.2) is 4.79 Å². The first kappa shape index (κ1) is 16.6. The summed E-state index contributed by atoms with van der Waals surface area (Å²) in [4.78, 5) is 11.7. The fourth-order valence-corrected chi connectivity index (χ4v) is 2.36. The molecule has 7 heteroatoms. The molecule has 0 spiro atoms. The molecule has 0 bridgehead atoms. The van der Waals surface area contributed by atoms with Crippen LogP contribution < -0.4 is 4.74 Å². The van der Waals surface area contributed by atoms with E-state index in [4.69, 9.17) is 37.2 Å². The fourth-order valence-electron chi connectivity index (χ4n) is 1.78. The maximum atomic E-state index is 11.7. The molecule has 118 valence electrons. The molecule has 0 radical (unpaired) electrons. The molecule has 2 rings (SSSR count). The average molecular weight is 344 g/mol. The van der Waals surface area contributed by atoms with Crippen molar-refractivity contribution in [3.05, 3.63) is 34.0 Å². The minimum absolute atomic E-state index is 0.150. The van der Waals surface area contributed by atoms with E-state index in [0.717, 1.165) is 12.8 Å². The van der Waals surface area contributed by atoms with E-state index in [2.05, 4.69) is 5.16 Å². The Kier molecular flexibility index (Phi) is 5.69. The standard InChI is InChI=1S/C15H15Cl2NO4/c1-3-4-8-20-15(19)21-14-9(2)22-18-13(14)12-10(16)6-5-7-11(12)17/h5-7H,3-4,8H2,1-2H3. The number of ether oxygens (including phenoxy) is 2. The lowest BCUT2D eigenvalue weighted by Crippen LogP contribution is -2.12. The summed E-state index contributed by atoms with van der Waals surface area (Å²) in [6.07, 6.45) is 0.866. The van der Waals surface area contributed by atoms with Crippen molar-refractivity contribution in [1.82, 2.24) is 5.16 Å². The highest BCUT2D eigenvalue weighted by Crippen LogP contribution is 2.40. The molecule has 5 nitrogen and oxygen atoms in total. The number of aromatic nitrogens is 1. The first-order chi connectivity index (χ1) is 10.5. The van der Waals surface area contributed by atoms with E-state index in [1.54, 1.807) is 25.1 Å². The van der Waals surface area contributed by atoms with Crippen LogP contribution in [-0.4, -0.2) is 17.9 Å². The lowest BCUT2D eigenvalue weighted by Gasteiger charge is -2.07. The number of carbonyl (C=O) groups is 1. The quantitative estimate of drug-likeness (QED) is 0.546. The van der Waals surface area contributed by atoms with Crippen molar-refractivity contribution in [2.24, 2.45) is 0 Å². The second-order valence-electron chi connectivity index (χ2n) is 4.57. The molecule has 1 heterocycles. The topological polar surface area (TPSA) is 61.6 Å². The van der Waals surface area contributed by atoms with E-state index >= 15 is 0 Å². The second-order valence-corrected chi connectivity index (χ2v) is 5.38. The molecule has 0 atom stereocenters. The summed E-state index contributed by atoms with van der Waals surface area (Å²) in [5.41, 5.74) is 0.708. The van der Waals surface area contributed by atoms with E-state index in [1.165, 1.54) is 0 Å². The maximum Gasteiger partial charge on any atom is 0.514 e. The molecule has 0 fully saturated rings. The lowest BCUT2D eigenvalue weighted by molar-refractivity contribution is 0.0973. The van der Waals surface area contributed by atoms with Gasteiger partial charge in [-0.2, -0.15) is 0 Å². The number of benzene rings is 1.